The van der Waals surface area contributed by atoms with Crippen LogP contribution in [0, 0.1) is 0 Å². The number of carbonyl (C=O) groups excluding carboxylic acids is 3. The van der Waals surface area contributed by atoms with Crippen molar-refractivity contribution in [2.45, 2.75) is 81.6 Å². The monoisotopic (exact) mass is 373 g/mol. The molecule has 8 nitrogen and oxygen atoms in total. The predicted octanol–water partition coefficient (Wildman–Crippen LogP) is 0.659. The van der Waals surface area contributed by atoms with Gasteiger partial charge in [0.25, 0.3) is 0 Å². The van der Waals surface area contributed by atoms with Gasteiger partial charge >= 0.3 is 6.09 Å². The topological polar surface area (TPSA) is 131 Å². The number of primary amides is 1. The summed E-state index contributed by atoms with van der Waals surface area (Å²) < 4.78 is 19.7. The Bertz CT molecular complexity index is 547. The number of ether oxygens (including phenoxy) is 1. The van der Waals surface area contributed by atoms with E-state index in [0.717, 1.165) is 12.8 Å². The minimum atomic E-state index is -1.53. The lowest BCUT2D eigenvalue weighted by Crippen LogP contribution is -2.67. The van der Waals surface area contributed by atoms with Gasteiger partial charge in [-0.2, -0.15) is 0 Å². The summed E-state index contributed by atoms with van der Waals surface area (Å²) in [6.45, 7) is 1.74. The van der Waals surface area contributed by atoms with Crippen molar-refractivity contribution in [2.75, 3.05) is 6.61 Å². The maximum absolute atomic E-state index is 14.9. The van der Waals surface area contributed by atoms with E-state index in [2.05, 4.69) is 10.6 Å². The average molecular weight is 373 g/mol. The molecule has 2 aliphatic rings. The molecule has 2 atom stereocenters. The van der Waals surface area contributed by atoms with Crippen LogP contribution in [0.25, 0.3) is 0 Å². The number of alkyl halides is 1. The number of rotatable bonds is 8. The first-order valence-corrected chi connectivity index (χ1v) is 9.13. The summed E-state index contributed by atoms with van der Waals surface area (Å²) >= 11 is 0. The van der Waals surface area contributed by atoms with Gasteiger partial charge in [-0.1, -0.05) is 12.8 Å². The standard InChI is InChI=1S/C17H28FN3O5/c1-2-26-15(25)20-11(10-16(18)6-3-4-7-16)14(24)21-17(8-5-9-17)12(22)13(19)23/h11-12,22H,2-10H2,1H3,(H2,19,23)(H,20,25)(H,21,24). The molecular weight excluding hydrogens is 345 g/mol. The Morgan fingerprint density at radius 2 is 1.81 bits per heavy atom. The number of alkyl carbamates (subject to hydrolysis) is 1. The summed E-state index contributed by atoms with van der Waals surface area (Å²) in [6.07, 6.45) is 1.08. The third-order valence-electron chi connectivity index (χ3n) is 5.36. The Morgan fingerprint density at radius 1 is 1.19 bits per heavy atom. The molecule has 0 aromatic rings. The van der Waals surface area contributed by atoms with Crippen LogP contribution in [0.5, 0.6) is 0 Å². The van der Waals surface area contributed by atoms with Crippen LogP contribution in [-0.4, -0.2) is 53.0 Å². The second-order valence-corrected chi connectivity index (χ2v) is 7.28. The number of hydrogen-bond donors (Lipinski definition) is 4. The number of carbonyl (C=O) groups is 3. The molecule has 0 bridgehead atoms. The van der Waals surface area contributed by atoms with E-state index in [4.69, 9.17) is 10.5 Å². The number of amides is 3. The van der Waals surface area contributed by atoms with E-state index in [1.165, 1.54) is 0 Å². The molecule has 0 radical (unpaired) electrons. The first kappa shape index (κ1) is 20.4. The molecule has 0 aromatic heterocycles. The molecule has 2 saturated carbocycles. The first-order chi connectivity index (χ1) is 12.2. The lowest BCUT2D eigenvalue weighted by atomic mass is 9.72. The quantitative estimate of drug-likeness (QED) is 0.496. The highest BCUT2D eigenvalue weighted by Gasteiger charge is 2.49. The van der Waals surface area contributed by atoms with Crippen molar-refractivity contribution in [1.82, 2.24) is 10.6 Å². The minimum absolute atomic E-state index is 0.116. The summed E-state index contributed by atoms with van der Waals surface area (Å²) in [5.41, 5.74) is 2.48. The molecule has 0 aromatic carbocycles. The fourth-order valence-corrected chi connectivity index (χ4v) is 3.73. The lowest BCUT2D eigenvalue weighted by Gasteiger charge is -2.45. The summed E-state index contributed by atoms with van der Waals surface area (Å²) in [4.78, 5) is 35.9. The van der Waals surface area contributed by atoms with E-state index >= 15 is 0 Å². The van der Waals surface area contributed by atoms with E-state index < -0.39 is 41.3 Å². The number of nitrogens with one attached hydrogen (secondary N) is 2. The number of hydrogen-bond acceptors (Lipinski definition) is 5. The van der Waals surface area contributed by atoms with Crippen molar-refractivity contribution < 1.29 is 28.6 Å². The third-order valence-corrected chi connectivity index (χ3v) is 5.36. The van der Waals surface area contributed by atoms with Gasteiger partial charge in [-0.05, 0) is 39.0 Å². The SMILES string of the molecule is CCOC(=O)NC(CC1(F)CCCC1)C(=O)NC1(C(O)C(N)=O)CCC1. The zero-order chi connectivity index (χ0) is 19.4. The van der Waals surface area contributed by atoms with Gasteiger partial charge in [0.1, 0.15) is 11.7 Å². The smallest absolute Gasteiger partial charge is 0.407 e. The number of nitrogens with two attached hydrogens (primary N) is 1. The molecule has 0 aliphatic heterocycles. The summed E-state index contributed by atoms with van der Waals surface area (Å²) in [5, 5.41) is 15.1. The molecule has 2 aliphatic carbocycles. The summed E-state index contributed by atoms with van der Waals surface area (Å²) in [6, 6.07) is -1.16. The summed E-state index contributed by atoms with van der Waals surface area (Å²) in [7, 11) is 0. The Balaban J connectivity index is 2.10. The van der Waals surface area contributed by atoms with Crippen molar-refractivity contribution in [3.8, 4) is 0 Å². The number of aliphatic hydroxyl groups is 1. The second kappa shape index (κ2) is 8.20. The first-order valence-electron chi connectivity index (χ1n) is 9.13. The molecule has 2 fully saturated rings. The fraction of sp³-hybridized carbons (Fsp3) is 0.824. The molecule has 26 heavy (non-hydrogen) atoms. The van der Waals surface area contributed by atoms with Crippen molar-refractivity contribution in [3.63, 3.8) is 0 Å². The molecule has 0 spiro atoms. The van der Waals surface area contributed by atoms with E-state index in [1.807, 2.05) is 0 Å². The molecule has 2 unspecified atom stereocenters. The number of aliphatic hydroxyl groups excluding tert-OH is 1. The van der Waals surface area contributed by atoms with E-state index in [-0.39, 0.29) is 13.0 Å². The van der Waals surface area contributed by atoms with Gasteiger partial charge < -0.3 is 26.2 Å². The van der Waals surface area contributed by atoms with Gasteiger partial charge in [0.05, 0.1) is 12.1 Å². The van der Waals surface area contributed by atoms with Gasteiger partial charge in [0.15, 0.2) is 6.10 Å². The number of halogens is 1. The maximum atomic E-state index is 14.9. The Labute approximate surface area is 152 Å². The van der Waals surface area contributed by atoms with Crippen molar-refractivity contribution in [1.29, 1.82) is 0 Å². The normalized spacial score (nSPS) is 22.6. The molecule has 0 saturated heterocycles. The molecule has 9 heteroatoms. The van der Waals surface area contributed by atoms with E-state index in [1.54, 1.807) is 6.92 Å². The van der Waals surface area contributed by atoms with Crippen LogP contribution in [0.1, 0.15) is 58.3 Å². The highest BCUT2D eigenvalue weighted by atomic mass is 19.1. The van der Waals surface area contributed by atoms with Gasteiger partial charge in [-0.3, -0.25) is 9.59 Å². The largest absolute Gasteiger partial charge is 0.450 e. The van der Waals surface area contributed by atoms with Crippen LogP contribution in [0.2, 0.25) is 0 Å². The maximum Gasteiger partial charge on any atom is 0.407 e. The van der Waals surface area contributed by atoms with Crippen LogP contribution in [0.4, 0.5) is 9.18 Å². The van der Waals surface area contributed by atoms with Gasteiger partial charge in [0, 0.05) is 6.42 Å². The zero-order valence-electron chi connectivity index (χ0n) is 15.1. The van der Waals surface area contributed by atoms with Crippen LogP contribution in [0.3, 0.4) is 0 Å². The molecular formula is C17H28FN3O5. The molecule has 0 heterocycles. The van der Waals surface area contributed by atoms with Gasteiger partial charge in [-0.25, -0.2) is 9.18 Å². The lowest BCUT2D eigenvalue weighted by molar-refractivity contribution is -0.138. The zero-order valence-corrected chi connectivity index (χ0v) is 15.1. The van der Waals surface area contributed by atoms with Gasteiger partial charge in [-0.15, -0.1) is 0 Å². The van der Waals surface area contributed by atoms with Crippen LogP contribution >= 0.6 is 0 Å². The Morgan fingerprint density at radius 3 is 2.27 bits per heavy atom. The highest BCUT2D eigenvalue weighted by molar-refractivity contribution is 5.88. The minimum Gasteiger partial charge on any atom is -0.450 e. The Hall–Kier alpha value is -1.90. The summed E-state index contributed by atoms with van der Waals surface area (Å²) in [5.74, 6) is -1.58. The fourth-order valence-electron chi connectivity index (χ4n) is 3.73. The second-order valence-electron chi connectivity index (χ2n) is 7.28. The van der Waals surface area contributed by atoms with Crippen molar-refractivity contribution in [3.05, 3.63) is 0 Å². The van der Waals surface area contributed by atoms with Crippen LogP contribution < -0.4 is 16.4 Å². The van der Waals surface area contributed by atoms with Crippen molar-refractivity contribution >= 4 is 17.9 Å². The Kier molecular flexibility index (Phi) is 6.44. The van der Waals surface area contributed by atoms with E-state index in [9.17, 15) is 23.9 Å². The van der Waals surface area contributed by atoms with E-state index in [0.29, 0.717) is 32.1 Å². The van der Waals surface area contributed by atoms with Gasteiger partial charge in [0.2, 0.25) is 11.8 Å². The molecule has 2 rings (SSSR count). The molecule has 148 valence electrons. The third kappa shape index (κ3) is 4.63. The van der Waals surface area contributed by atoms with Crippen LogP contribution in [0.15, 0.2) is 0 Å². The molecule has 3 amide bonds. The van der Waals surface area contributed by atoms with Crippen molar-refractivity contribution in [2.24, 2.45) is 5.73 Å². The highest BCUT2D eigenvalue weighted by Crippen LogP contribution is 2.38. The average Bonchev–Trinajstić information content (AvgIpc) is 2.96. The predicted molar refractivity (Wildman–Crippen MR) is 90.8 cm³/mol. The van der Waals surface area contributed by atoms with Crippen LogP contribution in [-0.2, 0) is 14.3 Å². The molecule has 5 N–H and O–H groups in total.